The molecule has 0 aromatic carbocycles. The first-order valence-electron chi connectivity index (χ1n) is 5.33. The Morgan fingerprint density at radius 3 is 2.38 bits per heavy atom. The number of rotatable bonds is 3. The number of hydrogen-bond donors (Lipinski definition) is 0. The minimum atomic E-state index is 0.487. The molecule has 0 bridgehead atoms. The Kier molecular flexibility index (Phi) is 4.74. The molecular weight excluding hydrogens is 228 g/mol. The Morgan fingerprint density at radius 2 is 1.85 bits per heavy atom. The zero-order valence-electron chi connectivity index (χ0n) is 8.92. The van der Waals surface area contributed by atoms with Crippen LogP contribution >= 0.6 is 15.9 Å². The molecule has 1 nitrogen and oxygen atoms in total. The molecule has 3 atom stereocenters. The Bertz CT molecular complexity index is 145. The highest BCUT2D eigenvalue weighted by Gasteiger charge is 2.31. The van der Waals surface area contributed by atoms with E-state index in [4.69, 9.17) is 4.74 Å². The van der Waals surface area contributed by atoms with Gasteiger partial charge in [-0.15, -0.1) is 0 Å². The Morgan fingerprint density at radius 1 is 1.23 bits per heavy atom. The van der Waals surface area contributed by atoms with Gasteiger partial charge in [0.25, 0.3) is 0 Å². The summed E-state index contributed by atoms with van der Waals surface area (Å²) in [4.78, 5) is 0.623. The van der Waals surface area contributed by atoms with Crippen LogP contribution in [-0.2, 0) is 4.74 Å². The Balaban J connectivity index is 2.53. The van der Waals surface area contributed by atoms with Crippen molar-refractivity contribution in [3.63, 3.8) is 0 Å². The maximum atomic E-state index is 5.55. The van der Waals surface area contributed by atoms with Gasteiger partial charge >= 0.3 is 0 Å². The minimum Gasteiger partial charge on any atom is -0.381 e. The summed E-state index contributed by atoms with van der Waals surface area (Å²) in [6.45, 7) is 4.56. The highest BCUT2D eigenvalue weighted by molar-refractivity contribution is 9.09. The molecule has 0 heterocycles. The van der Waals surface area contributed by atoms with Gasteiger partial charge in [-0.2, -0.15) is 0 Å². The van der Waals surface area contributed by atoms with Crippen LogP contribution < -0.4 is 0 Å². The molecule has 0 amide bonds. The van der Waals surface area contributed by atoms with Crippen LogP contribution in [0.5, 0.6) is 0 Å². The normalized spacial score (nSPS) is 32.1. The smallest absolute Gasteiger partial charge is 0.0610 e. The zero-order chi connectivity index (χ0) is 9.84. The molecule has 1 rings (SSSR count). The highest BCUT2D eigenvalue weighted by atomic mass is 79.9. The zero-order valence-corrected chi connectivity index (χ0v) is 10.5. The average molecular weight is 249 g/mol. The second-order valence-electron chi connectivity index (χ2n) is 4.41. The first-order valence-corrected chi connectivity index (χ1v) is 6.25. The average Bonchev–Trinajstić information content (AvgIpc) is 2.16. The van der Waals surface area contributed by atoms with Crippen LogP contribution in [0.25, 0.3) is 0 Å². The molecule has 1 aliphatic carbocycles. The van der Waals surface area contributed by atoms with E-state index in [1.165, 1.54) is 25.7 Å². The van der Waals surface area contributed by atoms with Crippen LogP contribution in [0.4, 0.5) is 0 Å². The van der Waals surface area contributed by atoms with E-state index in [2.05, 4.69) is 29.8 Å². The van der Waals surface area contributed by atoms with E-state index in [0.717, 1.165) is 5.92 Å². The second kappa shape index (κ2) is 5.35. The molecule has 1 fully saturated rings. The number of ether oxygens (including phenoxy) is 1. The quantitative estimate of drug-likeness (QED) is 0.694. The summed E-state index contributed by atoms with van der Waals surface area (Å²) in [5.74, 6) is 1.43. The maximum absolute atomic E-state index is 5.55. The van der Waals surface area contributed by atoms with Gasteiger partial charge in [0.2, 0.25) is 0 Å². The van der Waals surface area contributed by atoms with Gasteiger partial charge in [0.05, 0.1) is 6.10 Å². The summed E-state index contributed by atoms with van der Waals surface area (Å²) in [7, 11) is 1.85. The van der Waals surface area contributed by atoms with E-state index in [-0.39, 0.29) is 0 Å². The predicted molar refractivity (Wildman–Crippen MR) is 60.3 cm³/mol. The van der Waals surface area contributed by atoms with Crippen molar-refractivity contribution in [3.8, 4) is 0 Å². The number of halogens is 1. The fraction of sp³-hybridized carbons (Fsp3) is 1.00. The third-order valence-electron chi connectivity index (χ3n) is 3.10. The van der Waals surface area contributed by atoms with Crippen molar-refractivity contribution in [2.24, 2.45) is 11.8 Å². The molecule has 0 aromatic rings. The van der Waals surface area contributed by atoms with E-state index >= 15 is 0 Å². The molecule has 0 radical (unpaired) electrons. The molecule has 0 aliphatic heterocycles. The predicted octanol–water partition coefficient (Wildman–Crippen LogP) is 3.61. The number of alkyl halides is 1. The Labute approximate surface area is 90.4 Å². The third kappa shape index (κ3) is 2.95. The third-order valence-corrected chi connectivity index (χ3v) is 4.84. The summed E-state index contributed by atoms with van der Waals surface area (Å²) in [6.07, 6.45) is 5.77. The van der Waals surface area contributed by atoms with E-state index in [9.17, 15) is 0 Å². The molecule has 13 heavy (non-hydrogen) atoms. The second-order valence-corrected chi connectivity index (χ2v) is 5.47. The molecule has 1 saturated carbocycles. The lowest BCUT2D eigenvalue weighted by molar-refractivity contribution is 0.0194. The molecular formula is C11H21BrO. The van der Waals surface area contributed by atoms with E-state index in [1.54, 1.807) is 0 Å². The largest absolute Gasteiger partial charge is 0.381 e. The van der Waals surface area contributed by atoms with Crippen LogP contribution in [0.15, 0.2) is 0 Å². The first kappa shape index (κ1) is 11.5. The summed E-state index contributed by atoms with van der Waals surface area (Å²) >= 11 is 3.80. The van der Waals surface area contributed by atoms with E-state index in [1.807, 2.05) is 7.11 Å². The lowest BCUT2D eigenvalue weighted by Gasteiger charge is -2.35. The summed E-state index contributed by atoms with van der Waals surface area (Å²) in [6, 6.07) is 0. The molecule has 0 aromatic heterocycles. The van der Waals surface area contributed by atoms with Crippen LogP contribution in [0.1, 0.15) is 39.5 Å². The van der Waals surface area contributed by atoms with Crippen molar-refractivity contribution in [2.75, 3.05) is 7.11 Å². The van der Waals surface area contributed by atoms with Crippen molar-refractivity contribution in [1.82, 2.24) is 0 Å². The standard InChI is InChI=1S/C11H21BrO/c1-8(2)11(12)9-6-4-5-7-10(9)13-3/h8-11H,4-7H2,1-3H3. The van der Waals surface area contributed by atoms with Gasteiger partial charge in [0, 0.05) is 11.9 Å². The minimum absolute atomic E-state index is 0.487. The fourth-order valence-corrected chi connectivity index (χ4v) is 2.88. The SMILES string of the molecule is COC1CCCCC1C(Br)C(C)C. The number of methoxy groups -OCH3 is 1. The molecule has 0 spiro atoms. The first-order chi connectivity index (χ1) is 6.16. The van der Waals surface area contributed by atoms with Gasteiger partial charge in [-0.05, 0) is 24.7 Å². The maximum Gasteiger partial charge on any atom is 0.0610 e. The van der Waals surface area contributed by atoms with Crippen LogP contribution in [-0.4, -0.2) is 18.0 Å². The van der Waals surface area contributed by atoms with E-state index in [0.29, 0.717) is 16.8 Å². The van der Waals surface area contributed by atoms with E-state index < -0.39 is 0 Å². The number of hydrogen-bond acceptors (Lipinski definition) is 1. The molecule has 78 valence electrons. The van der Waals surface area contributed by atoms with Crippen molar-refractivity contribution in [2.45, 2.75) is 50.5 Å². The van der Waals surface area contributed by atoms with Gasteiger partial charge in [0.15, 0.2) is 0 Å². The Hall–Kier alpha value is 0.440. The fourth-order valence-electron chi connectivity index (χ4n) is 2.28. The van der Waals surface area contributed by atoms with Crippen molar-refractivity contribution in [1.29, 1.82) is 0 Å². The molecule has 3 unspecified atom stereocenters. The van der Waals surface area contributed by atoms with Crippen molar-refractivity contribution >= 4 is 15.9 Å². The lowest BCUT2D eigenvalue weighted by atomic mass is 9.81. The molecule has 0 saturated heterocycles. The highest BCUT2D eigenvalue weighted by Crippen LogP contribution is 2.35. The molecule has 2 heteroatoms. The molecule has 1 aliphatic rings. The van der Waals surface area contributed by atoms with Crippen LogP contribution in [0, 0.1) is 11.8 Å². The van der Waals surface area contributed by atoms with Crippen molar-refractivity contribution in [3.05, 3.63) is 0 Å². The summed E-state index contributed by atoms with van der Waals surface area (Å²) < 4.78 is 5.55. The summed E-state index contributed by atoms with van der Waals surface area (Å²) in [5, 5.41) is 0. The van der Waals surface area contributed by atoms with Gasteiger partial charge < -0.3 is 4.74 Å². The molecule has 0 N–H and O–H groups in total. The van der Waals surface area contributed by atoms with Crippen molar-refractivity contribution < 1.29 is 4.74 Å². The van der Waals surface area contributed by atoms with Crippen LogP contribution in [0.3, 0.4) is 0 Å². The lowest BCUT2D eigenvalue weighted by Crippen LogP contribution is -2.35. The topological polar surface area (TPSA) is 9.23 Å². The summed E-state index contributed by atoms with van der Waals surface area (Å²) in [5.41, 5.74) is 0. The van der Waals surface area contributed by atoms with Gasteiger partial charge in [0.1, 0.15) is 0 Å². The van der Waals surface area contributed by atoms with Crippen LogP contribution in [0.2, 0.25) is 0 Å². The van der Waals surface area contributed by atoms with Gasteiger partial charge in [-0.3, -0.25) is 0 Å². The van der Waals surface area contributed by atoms with Gasteiger partial charge in [-0.25, -0.2) is 0 Å². The van der Waals surface area contributed by atoms with Gasteiger partial charge in [-0.1, -0.05) is 42.6 Å². The monoisotopic (exact) mass is 248 g/mol.